The molecule has 0 aromatic heterocycles. The Morgan fingerprint density at radius 2 is 2.44 bits per heavy atom. The predicted octanol–water partition coefficient (Wildman–Crippen LogP) is 1.94. The van der Waals surface area contributed by atoms with Crippen LogP contribution in [0.25, 0.3) is 0 Å². The lowest BCUT2D eigenvalue weighted by molar-refractivity contribution is -0.122. The van der Waals surface area contributed by atoms with Gasteiger partial charge in [0, 0.05) is 25.6 Å². The molecule has 1 amide bonds. The number of carbonyl (C=O) groups is 1. The van der Waals surface area contributed by atoms with E-state index in [9.17, 15) is 4.79 Å². The molecular weight excluding hydrogens is 200 g/mol. The molecule has 1 aliphatic heterocycles. The van der Waals surface area contributed by atoms with Gasteiger partial charge in [-0.25, -0.2) is 0 Å². The molecule has 0 spiro atoms. The van der Waals surface area contributed by atoms with Gasteiger partial charge in [0.1, 0.15) is 0 Å². The molecule has 0 aromatic carbocycles. The van der Waals surface area contributed by atoms with Gasteiger partial charge in [-0.2, -0.15) is 0 Å². The minimum atomic E-state index is 0.215. The highest BCUT2D eigenvalue weighted by molar-refractivity contribution is 5.76. The van der Waals surface area contributed by atoms with Crippen molar-refractivity contribution < 1.29 is 4.79 Å². The molecular formula is C13H24N2O. The Labute approximate surface area is 98.9 Å². The van der Waals surface area contributed by atoms with Crippen LogP contribution in [0.3, 0.4) is 0 Å². The number of piperidine rings is 1. The molecule has 1 atom stereocenters. The second-order valence-corrected chi connectivity index (χ2v) is 4.56. The third-order valence-corrected chi connectivity index (χ3v) is 3.02. The summed E-state index contributed by atoms with van der Waals surface area (Å²) < 4.78 is 0. The molecule has 1 rings (SSSR count). The fourth-order valence-corrected chi connectivity index (χ4v) is 2.16. The highest BCUT2D eigenvalue weighted by atomic mass is 16.1. The Hall–Kier alpha value is -0.830. The van der Waals surface area contributed by atoms with Crippen LogP contribution < -0.4 is 5.32 Å². The SMILES string of the molecule is C=CCN1CCCC(NC(=O)CCCC)C1. The number of carbonyl (C=O) groups excluding carboxylic acids is 1. The van der Waals surface area contributed by atoms with E-state index in [1.54, 1.807) is 0 Å². The van der Waals surface area contributed by atoms with Crippen LogP contribution in [0.15, 0.2) is 12.7 Å². The number of rotatable bonds is 6. The van der Waals surface area contributed by atoms with Crippen molar-refractivity contribution in [3.8, 4) is 0 Å². The van der Waals surface area contributed by atoms with Crippen LogP contribution in [-0.2, 0) is 4.79 Å². The number of hydrogen-bond acceptors (Lipinski definition) is 2. The number of unbranched alkanes of at least 4 members (excludes halogenated alkanes) is 1. The van der Waals surface area contributed by atoms with Crippen molar-refractivity contribution in [3.63, 3.8) is 0 Å². The molecule has 3 heteroatoms. The van der Waals surface area contributed by atoms with E-state index in [2.05, 4.69) is 23.7 Å². The van der Waals surface area contributed by atoms with Gasteiger partial charge >= 0.3 is 0 Å². The number of likely N-dealkylation sites (tertiary alicyclic amines) is 1. The van der Waals surface area contributed by atoms with Crippen molar-refractivity contribution in [1.29, 1.82) is 0 Å². The maximum atomic E-state index is 11.6. The monoisotopic (exact) mass is 224 g/mol. The van der Waals surface area contributed by atoms with Crippen LogP contribution >= 0.6 is 0 Å². The Kier molecular flexibility index (Phi) is 6.16. The molecule has 92 valence electrons. The molecule has 1 unspecified atom stereocenters. The van der Waals surface area contributed by atoms with Crippen LogP contribution in [0.5, 0.6) is 0 Å². The van der Waals surface area contributed by atoms with Gasteiger partial charge < -0.3 is 5.32 Å². The van der Waals surface area contributed by atoms with Crippen LogP contribution in [0.1, 0.15) is 39.0 Å². The van der Waals surface area contributed by atoms with Crippen molar-refractivity contribution in [2.45, 2.75) is 45.1 Å². The number of hydrogen-bond donors (Lipinski definition) is 1. The van der Waals surface area contributed by atoms with Crippen LogP contribution in [0, 0.1) is 0 Å². The average Bonchev–Trinajstić information content (AvgIpc) is 2.27. The lowest BCUT2D eigenvalue weighted by Crippen LogP contribution is -2.47. The molecule has 1 saturated heterocycles. The summed E-state index contributed by atoms with van der Waals surface area (Å²) in [5.74, 6) is 0.215. The topological polar surface area (TPSA) is 32.3 Å². The molecule has 0 aromatic rings. The van der Waals surface area contributed by atoms with E-state index in [-0.39, 0.29) is 5.91 Å². The maximum absolute atomic E-state index is 11.6. The third kappa shape index (κ3) is 4.79. The van der Waals surface area contributed by atoms with E-state index < -0.39 is 0 Å². The van der Waals surface area contributed by atoms with Crippen LogP contribution in [0.2, 0.25) is 0 Å². The number of amides is 1. The van der Waals surface area contributed by atoms with Crippen molar-refractivity contribution in [2.75, 3.05) is 19.6 Å². The third-order valence-electron chi connectivity index (χ3n) is 3.02. The molecule has 0 saturated carbocycles. The first kappa shape index (κ1) is 13.2. The van der Waals surface area contributed by atoms with Gasteiger partial charge in [0.2, 0.25) is 5.91 Å². The Bertz CT molecular complexity index is 228. The highest BCUT2D eigenvalue weighted by Crippen LogP contribution is 2.10. The molecule has 0 radical (unpaired) electrons. The van der Waals surface area contributed by atoms with Gasteiger partial charge in [-0.05, 0) is 25.8 Å². The van der Waals surface area contributed by atoms with Crippen molar-refractivity contribution in [2.24, 2.45) is 0 Å². The molecule has 1 heterocycles. The summed E-state index contributed by atoms with van der Waals surface area (Å²) in [7, 11) is 0. The minimum Gasteiger partial charge on any atom is -0.352 e. The average molecular weight is 224 g/mol. The molecule has 1 N–H and O–H groups in total. The summed E-state index contributed by atoms with van der Waals surface area (Å²) >= 11 is 0. The standard InChI is InChI=1S/C13H24N2O/c1-3-5-8-13(16)14-12-7-6-10-15(11-12)9-4-2/h4,12H,2-3,5-11H2,1H3,(H,14,16). The van der Waals surface area contributed by atoms with Gasteiger partial charge in [-0.3, -0.25) is 9.69 Å². The zero-order valence-electron chi connectivity index (χ0n) is 10.4. The van der Waals surface area contributed by atoms with Crippen LogP contribution in [-0.4, -0.2) is 36.5 Å². The number of nitrogens with zero attached hydrogens (tertiary/aromatic N) is 1. The number of nitrogens with one attached hydrogen (secondary N) is 1. The molecule has 3 nitrogen and oxygen atoms in total. The second-order valence-electron chi connectivity index (χ2n) is 4.56. The fraction of sp³-hybridized carbons (Fsp3) is 0.769. The summed E-state index contributed by atoms with van der Waals surface area (Å²) in [5.41, 5.74) is 0. The highest BCUT2D eigenvalue weighted by Gasteiger charge is 2.19. The molecule has 1 aliphatic rings. The summed E-state index contributed by atoms with van der Waals surface area (Å²) in [6, 6.07) is 0.345. The maximum Gasteiger partial charge on any atom is 0.220 e. The first-order valence-electron chi connectivity index (χ1n) is 6.39. The molecule has 1 fully saturated rings. The lowest BCUT2D eigenvalue weighted by atomic mass is 10.1. The fourth-order valence-electron chi connectivity index (χ4n) is 2.16. The zero-order valence-corrected chi connectivity index (χ0v) is 10.4. The minimum absolute atomic E-state index is 0.215. The van der Waals surface area contributed by atoms with Gasteiger partial charge in [-0.1, -0.05) is 19.4 Å². The van der Waals surface area contributed by atoms with Gasteiger partial charge in [-0.15, -0.1) is 6.58 Å². The van der Waals surface area contributed by atoms with E-state index in [0.717, 1.165) is 38.9 Å². The van der Waals surface area contributed by atoms with Crippen molar-refractivity contribution in [3.05, 3.63) is 12.7 Å². The Balaban J connectivity index is 2.25. The van der Waals surface area contributed by atoms with Gasteiger partial charge in [0.25, 0.3) is 0 Å². The smallest absolute Gasteiger partial charge is 0.220 e. The Morgan fingerprint density at radius 1 is 1.62 bits per heavy atom. The van der Waals surface area contributed by atoms with Crippen LogP contribution in [0.4, 0.5) is 0 Å². The van der Waals surface area contributed by atoms with E-state index in [0.29, 0.717) is 12.5 Å². The quantitative estimate of drug-likeness (QED) is 0.699. The lowest BCUT2D eigenvalue weighted by Gasteiger charge is -2.32. The van der Waals surface area contributed by atoms with E-state index in [4.69, 9.17) is 0 Å². The van der Waals surface area contributed by atoms with E-state index in [1.807, 2.05) is 6.08 Å². The zero-order chi connectivity index (χ0) is 11.8. The largest absolute Gasteiger partial charge is 0.352 e. The predicted molar refractivity (Wildman–Crippen MR) is 67.3 cm³/mol. The summed E-state index contributed by atoms with van der Waals surface area (Å²) in [6.07, 6.45) is 6.98. The van der Waals surface area contributed by atoms with E-state index in [1.165, 1.54) is 6.42 Å². The summed E-state index contributed by atoms with van der Waals surface area (Å²) in [6.45, 7) is 8.90. The summed E-state index contributed by atoms with van der Waals surface area (Å²) in [4.78, 5) is 13.9. The normalized spacial score (nSPS) is 21.7. The summed E-state index contributed by atoms with van der Waals surface area (Å²) in [5, 5.41) is 3.13. The Morgan fingerprint density at radius 3 is 3.12 bits per heavy atom. The molecule has 0 bridgehead atoms. The first-order valence-corrected chi connectivity index (χ1v) is 6.39. The second kappa shape index (κ2) is 7.44. The van der Waals surface area contributed by atoms with E-state index >= 15 is 0 Å². The van der Waals surface area contributed by atoms with Gasteiger partial charge in [0.15, 0.2) is 0 Å². The molecule has 16 heavy (non-hydrogen) atoms. The first-order chi connectivity index (χ1) is 7.76. The molecule has 0 aliphatic carbocycles. The van der Waals surface area contributed by atoms with Gasteiger partial charge in [0.05, 0.1) is 0 Å². The van der Waals surface area contributed by atoms with Crippen molar-refractivity contribution in [1.82, 2.24) is 10.2 Å². The van der Waals surface area contributed by atoms with Crippen molar-refractivity contribution >= 4 is 5.91 Å².